The van der Waals surface area contributed by atoms with Crippen LogP contribution in [0, 0.1) is 0 Å². The Hall–Kier alpha value is -2.71. The van der Waals surface area contributed by atoms with E-state index in [2.05, 4.69) is 27.4 Å². The Morgan fingerprint density at radius 2 is 1.97 bits per heavy atom. The van der Waals surface area contributed by atoms with Crippen molar-refractivity contribution < 1.29 is 9.53 Å². The van der Waals surface area contributed by atoms with Gasteiger partial charge in [-0.15, -0.1) is 10.2 Å². The topological polar surface area (TPSA) is 81.9 Å². The molecule has 158 valence electrons. The molecule has 8 heteroatoms. The quantitative estimate of drug-likeness (QED) is 0.498. The molecule has 0 saturated heterocycles. The molecular weight excluding hydrogens is 398 g/mol. The van der Waals surface area contributed by atoms with Gasteiger partial charge in [0.1, 0.15) is 0 Å². The van der Waals surface area contributed by atoms with Crippen LogP contribution in [0.4, 0.5) is 0 Å². The molecule has 1 N–H and O–H groups in total. The summed E-state index contributed by atoms with van der Waals surface area (Å²) in [6.45, 7) is 5.26. The monoisotopic (exact) mass is 425 g/mol. The van der Waals surface area contributed by atoms with Crippen molar-refractivity contribution in [2.45, 2.75) is 43.8 Å². The molecule has 3 aromatic rings. The Labute approximate surface area is 181 Å². The molecule has 0 spiro atoms. The van der Waals surface area contributed by atoms with Gasteiger partial charge in [0.05, 0.1) is 13.2 Å². The fourth-order valence-corrected chi connectivity index (χ4v) is 3.88. The van der Waals surface area contributed by atoms with Crippen LogP contribution in [0.1, 0.15) is 36.2 Å². The van der Waals surface area contributed by atoms with Crippen molar-refractivity contribution in [1.29, 1.82) is 0 Å². The second-order valence-corrected chi connectivity index (χ2v) is 7.86. The van der Waals surface area contributed by atoms with Crippen molar-refractivity contribution in [2.24, 2.45) is 0 Å². The summed E-state index contributed by atoms with van der Waals surface area (Å²) in [7, 11) is 1.68. The van der Waals surface area contributed by atoms with Crippen LogP contribution in [0.15, 0.2) is 53.9 Å². The number of ether oxygens (including phenoxy) is 1. The number of benzene rings is 1. The first-order valence-electron chi connectivity index (χ1n) is 9.98. The van der Waals surface area contributed by atoms with E-state index in [1.807, 2.05) is 47.9 Å². The van der Waals surface area contributed by atoms with Crippen molar-refractivity contribution in [1.82, 2.24) is 25.1 Å². The van der Waals surface area contributed by atoms with Crippen LogP contribution in [-0.4, -0.2) is 45.4 Å². The summed E-state index contributed by atoms with van der Waals surface area (Å²) in [4.78, 5) is 16.7. The summed E-state index contributed by atoms with van der Waals surface area (Å²) >= 11 is 1.56. The van der Waals surface area contributed by atoms with Crippen molar-refractivity contribution in [3.05, 3.63) is 59.9 Å². The third-order valence-corrected chi connectivity index (χ3v) is 5.80. The van der Waals surface area contributed by atoms with Crippen LogP contribution < -0.4 is 5.32 Å². The lowest BCUT2D eigenvalue weighted by Gasteiger charge is -2.14. The number of pyridine rings is 1. The van der Waals surface area contributed by atoms with E-state index in [1.165, 1.54) is 0 Å². The number of hydrogen-bond donors (Lipinski definition) is 1. The minimum absolute atomic E-state index is 0.0427. The number of hydrogen-bond acceptors (Lipinski definition) is 6. The average molecular weight is 426 g/mol. The molecule has 2 aromatic heterocycles. The molecule has 0 aliphatic heterocycles. The average Bonchev–Trinajstić information content (AvgIpc) is 3.19. The van der Waals surface area contributed by atoms with Gasteiger partial charge in [-0.05, 0) is 37.1 Å². The number of nitrogens with one attached hydrogen (secondary N) is 1. The molecule has 1 amide bonds. The van der Waals surface area contributed by atoms with Gasteiger partial charge in [0, 0.05) is 42.4 Å². The minimum atomic E-state index is -0.0427. The highest BCUT2D eigenvalue weighted by Crippen LogP contribution is 2.27. The van der Waals surface area contributed by atoms with Gasteiger partial charge >= 0.3 is 0 Å². The largest absolute Gasteiger partial charge is 0.383 e. The Balaban J connectivity index is 1.81. The predicted molar refractivity (Wildman–Crippen MR) is 118 cm³/mol. The highest BCUT2D eigenvalue weighted by atomic mass is 32.2. The predicted octanol–water partition coefficient (Wildman–Crippen LogP) is 3.81. The first-order chi connectivity index (χ1) is 14.6. The van der Waals surface area contributed by atoms with Gasteiger partial charge in [0.2, 0.25) is 0 Å². The summed E-state index contributed by atoms with van der Waals surface area (Å²) in [6.07, 6.45) is 4.37. The lowest BCUT2D eigenvalue weighted by molar-refractivity contribution is 0.0938. The highest BCUT2D eigenvalue weighted by molar-refractivity contribution is 7.98. The van der Waals surface area contributed by atoms with E-state index >= 15 is 0 Å². The third-order valence-electron chi connectivity index (χ3n) is 4.78. The third kappa shape index (κ3) is 5.46. The second-order valence-electron chi connectivity index (χ2n) is 6.92. The first-order valence-corrected chi connectivity index (χ1v) is 11.0. The van der Waals surface area contributed by atoms with Crippen LogP contribution >= 0.6 is 11.8 Å². The molecule has 0 bridgehead atoms. The molecule has 0 radical (unpaired) electrons. The number of nitrogens with zero attached hydrogens (tertiary/aromatic N) is 4. The molecular formula is C22H27N5O2S. The fourth-order valence-electron chi connectivity index (χ4n) is 2.91. The van der Waals surface area contributed by atoms with E-state index in [-0.39, 0.29) is 11.9 Å². The molecule has 30 heavy (non-hydrogen) atoms. The summed E-state index contributed by atoms with van der Waals surface area (Å²) in [5.41, 5.74) is 2.62. The van der Waals surface area contributed by atoms with Crippen molar-refractivity contribution >= 4 is 17.7 Å². The maximum atomic E-state index is 12.7. The number of thioether (sulfide) groups is 1. The zero-order chi connectivity index (χ0) is 21.3. The molecule has 1 aromatic carbocycles. The number of rotatable bonds is 10. The maximum absolute atomic E-state index is 12.7. The number of methoxy groups -OCH3 is 1. The number of amides is 1. The molecule has 1 atom stereocenters. The summed E-state index contributed by atoms with van der Waals surface area (Å²) in [5, 5.41) is 12.6. The zero-order valence-corrected chi connectivity index (χ0v) is 18.4. The highest BCUT2D eigenvalue weighted by Gasteiger charge is 2.17. The Kier molecular flexibility index (Phi) is 7.98. The lowest BCUT2D eigenvalue weighted by Crippen LogP contribution is -2.32. The number of carbonyl (C=O) groups is 1. The normalized spacial score (nSPS) is 12.0. The van der Waals surface area contributed by atoms with Gasteiger partial charge in [-0.25, -0.2) is 0 Å². The van der Waals surface area contributed by atoms with Crippen molar-refractivity contribution in [3.63, 3.8) is 0 Å². The van der Waals surface area contributed by atoms with Crippen LogP contribution in [0.3, 0.4) is 0 Å². The van der Waals surface area contributed by atoms with Crippen LogP contribution in [-0.2, 0) is 17.0 Å². The summed E-state index contributed by atoms with van der Waals surface area (Å²) in [6, 6.07) is 11.7. The zero-order valence-electron chi connectivity index (χ0n) is 17.5. The Bertz CT molecular complexity index is 961. The van der Waals surface area contributed by atoms with Gasteiger partial charge in [-0.1, -0.05) is 36.9 Å². The van der Waals surface area contributed by atoms with E-state index in [4.69, 9.17) is 4.74 Å². The molecule has 0 saturated carbocycles. The Morgan fingerprint density at radius 3 is 2.70 bits per heavy atom. The van der Waals surface area contributed by atoms with Crippen LogP contribution in [0.25, 0.3) is 11.4 Å². The molecule has 7 nitrogen and oxygen atoms in total. The molecule has 0 unspecified atom stereocenters. The SMILES string of the molecule is CC[C@@H](C)NC(=O)c1ccccc1CSc1nnc(-c2ccncc2)n1CCOC. The standard InChI is InChI=1S/C22H27N5O2S/c1-4-16(2)24-21(28)19-8-6-5-7-18(19)15-30-22-26-25-20(27(22)13-14-29-3)17-9-11-23-12-10-17/h5-12,16H,4,13-15H2,1-3H3,(H,24,28)/t16-/m1/s1. The number of carbonyl (C=O) groups excluding carboxylic acids is 1. The Morgan fingerprint density at radius 1 is 1.20 bits per heavy atom. The van der Waals surface area contributed by atoms with E-state index in [1.54, 1.807) is 31.3 Å². The van der Waals surface area contributed by atoms with E-state index in [0.29, 0.717) is 24.5 Å². The smallest absolute Gasteiger partial charge is 0.251 e. The summed E-state index contributed by atoms with van der Waals surface area (Å²) < 4.78 is 7.32. The second kappa shape index (κ2) is 10.9. The van der Waals surface area contributed by atoms with Gasteiger partial charge < -0.3 is 10.1 Å². The molecule has 0 aliphatic rings. The van der Waals surface area contributed by atoms with Crippen LogP contribution in [0.2, 0.25) is 0 Å². The molecule has 2 heterocycles. The van der Waals surface area contributed by atoms with Crippen molar-refractivity contribution in [2.75, 3.05) is 13.7 Å². The first kappa shape index (κ1) is 22.0. The minimum Gasteiger partial charge on any atom is -0.383 e. The van der Waals surface area contributed by atoms with E-state index in [9.17, 15) is 4.79 Å². The van der Waals surface area contributed by atoms with Gasteiger partial charge in [-0.3, -0.25) is 14.3 Å². The number of aromatic nitrogens is 4. The molecule has 0 aliphatic carbocycles. The molecule has 3 rings (SSSR count). The van der Waals surface area contributed by atoms with E-state index < -0.39 is 0 Å². The van der Waals surface area contributed by atoms with E-state index in [0.717, 1.165) is 28.5 Å². The summed E-state index contributed by atoms with van der Waals surface area (Å²) in [5.74, 6) is 1.35. The van der Waals surface area contributed by atoms with Gasteiger partial charge in [-0.2, -0.15) is 0 Å². The van der Waals surface area contributed by atoms with Gasteiger partial charge in [0.25, 0.3) is 5.91 Å². The van der Waals surface area contributed by atoms with Crippen molar-refractivity contribution in [3.8, 4) is 11.4 Å². The maximum Gasteiger partial charge on any atom is 0.251 e. The van der Waals surface area contributed by atoms with Crippen LogP contribution in [0.5, 0.6) is 0 Å². The fraction of sp³-hybridized carbons (Fsp3) is 0.364. The van der Waals surface area contributed by atoms with Gasteiger partial charge in [0.15, 0.2) is 11.0 Å². The lowest BCUT2D eigenvalue weighted by atomic mass is 10.1. The molecule has 0 fully saturated rings.